The van der Waals surface area contributed by atoms with Crippen LogP contribution in [0.1, 0.15) is 29.2 Å². The summed E-state index contributed by atoms with van der Waals surface area (Å²) in [7, 11) is 1.49. The number of benzene rings is 5. The van der Waals surface area contributed by atoms with E-state index in [0.717, 1.165) is 44.8 Å². The number of aliphatic imine (C=N–C) groups is 1. The standard InChI is InChI=1S/C36H27F3N2O3/c1-41-30-20-7-6-17-29(30)33(35(41)43)40-31(36(37,38)39)21-10-22-32(42)44-34(27-18-8-13-23-11-2-4-15-25(23)27)28-19-9-14-24-12-3-5-16-26(24)28/h2-20,22,31,34H,21H2,1H3/b22-10+,40-33?. The van der Waals surface area contributed by atoms with Crippen molar-refractivity contribution < 1.29 is 27.5 Å². The van der Waals surface area contributed by atoms with Gasteiger partial charge in [-0.25, -0.2) is 4.79 Å². The molecule has 1 unspecified atom stereocenters. The molecule has 0 aromatic heterocycles. The highest BCUT2D eigenvalue weighted by Crippen LogP contribution is 2.36. The van der Waals surface area contributed by atoms with Gasteiger partial charge in [-0.15, -0.1) is 0 Å². The fourth-order valence-electron chi connectivity index (χ4n) is 5.59. The van der Waals surface area contributed by atoms with Crippen LogP contribution in [0.5, 0.6) is 0 Å². The first kappa shape index (κ1) is 28.9. The van der Waals surface area contributed by atoms with Crippen LogP contribution in [0.2, 0.25) is 0 Å². The Hall–Kier alpha value is -5.24. The van der Waals surface area contributed by atoms with Gasteiger partial charge in [0.1, 0.15) is 11.8 Å². The molecule has 1 amide bonds. The predicted octanol–water partition coefficient (Wildman–Crippen LogP) is 7.97. The topological polar surface area (TPSA) is 59.0 Å². The lowest BCUT2D eigenvalue weighted by molar-refractivity contribution is -0.146. The Bertz CT molecular complexity index is 1860. The molecule has 0 N–H and O–H groups in total. The first-order valence-electron chi connectivity index (χ1n) is 14.1. The van der Waals surface area contributed by atoms with Crippen molar-refractivity contribution in [3.8, 4) is 0 Å². The van der Waals surface area contributed by atoms with E-state index in [1.165, 1.54) is 11.9 Å². The van der Waals surface area contributed by atoms with E-state index in [-0.39, 0.29) is 5.71 Å². The summed E-state index contributed by atoms with van der Waals surface area (Å²) >= 11 is 0. The number of anilines is 1. The van der Waals surface area contributed by atoms with Crippen LogP contribution in [0.25, 0.3) is 21.5 Å². The van der Waals surface area contributed by atoms with E-state index in [4.69, 9.17) is 4.74 Å². The van der Waals surface area contributed by atoms with E-state index < -0.39 is 36.6 Å². The molecule has 0 aliphatic carbocycles. The molecule has 44 heavy (non-hydrogen) atoms. The van der Waals surface area contributed by atoms with E-state index >= 15 is 0 Å². The molecule has 8 heteroatoms. The molecule has 0 saturated carbocycles. The number of carbonyl (C=O) groups is 2. The van der Waals surface area contributed by atoms with Crippen LogP contribution >= 0.6 is 0 Å². The summed E-state index contributed by atoms with van der Waals surface area (Å²) in [6.07, 6.45) is -4.12. The highest BCUT2D eigenvalue weighted by atomic mass is 19.4. The Morgan fingerprint density at radius 2 is 1.36 bits per heavy atom. The van der Waals surface area contributed by atoms with E-state index in [1.807, 2.05) is 84.9 Å². The number of fused-ring (bicyclic) bond motifs is 3. The highest BCUT2D eigenvalue weighted by Gasteiger charge is 2.41. The molecule has 1 heterocycles. The predicted molar refractivity (Wildman–Crippen MR) is 166 cm³/mol. The lowest BCUT2D eigenvalue weighted by Gasteiger charge is -2.21. The van der Waals surface area contributed by atoms with E-state index in [1.54, 1.807) is 24.3 Å². The van der Waals surface area contributed by atoms with Gasteiger partial charge in [0.25, 0.3) is 5.91 Å². The molecule has 6 rings (SSSR count). The van der Waals surface area contributed by atoms with Crippen molar-refractivity contribution in [1.29, 1.82) is 0 Å². The lowest BCUT2D eigenvalue weighted by Crippen LogP contribution is -2.31. The number of nitrogens with zero attached hydrogens (tertiary/aromatic N) is 2. The average Bonchev–Trinajstić information content (AvgIpc) is 3.27. The maximum atomic E-state index is 14.1. The Labute approximate surface area is 251 Å². The number of amides is 1. The average molecular weight is 593 g/mol. The van der Waals surface area contributed by atoms with Crippen molar-refractivity contribution in [3.63, 3.8) is 0 Å². The largest absolute Gasteiger partial charge is 0.449 e. The van der Waals surface area contributed by atoms with Crippen LogP contribution in [0.3, 0.4) is 0 Å². The molecule has 220 valence electrons. The van der Waals surface area contributed by atoms with Gasteiger partial charge in [0.05, 0.1) is 5.69 Å². The third kappa shape index (κ3) is 5.58. The molecule has 0 radical (unpaired) electrons. The van der Waals surface area contributed by atoms with Crippen molar-refractivity contribution in [2.75, 3.05) is 11.9 Å². The number of ether oxygens (including phenoxy) is 1. The molecule has 0 fully saturated rings. The van der Waals surface area contributed by atoms with Gasteiger partial charge in [-0.1, -0.05) is 109 Å². The first-order valence-corrected chi connectivity index (χ1v) is 14.1. The monoisotopic (exact) mass is 592 g/mol. The lowest BCUT2D eigenvalue weighted by atomic mass is 9.92. The van der Waals surface area contributed by atoms with Gasteiger partial charge in [0.15, 0.2) is 6.10 Å². The summed E-state index contributed by atoms with van der Waals surface area (Å²) in [5, 5.41) is 3.71. The molecule has 0 spiro atoms. The number of hydrogen-bond donors (Lipinski definition) is 0. The van der Waals surface area contributed by atoms with Crippen molar-refractivity contribution in [2.45, 2.75) is 24.7 Å². The Morgan fingerprint density at radius 1 is 0.818 bits per heavy atom. The minimum Gasteiger partial charge on any atom is -0.449 e. The van der Waals surface area contributed by atoms with Gasteiger partial charge in [0.2, 0.25) is 0 Å². The van der Waals surface area contributed by atoms with Crippen LogP contribution in [-0.4, -0.2) is 36.9 Å². The summed E-state index contributed by atoms with van der Waals surface area (Å²) in [5.74, 6) is -1.41. The van der Waals surface area contributed by atoms with Crippen molar-refractivity contribution >= 4 is 44.8 Å². The molecule has 0 bridgehead atoms. The zero-order valence-corrected chi connectivity index (χ0v) is 23.7. The van der Waals surface area contributed by atoms with Crippen molar-refractivity contribution in [2.24, 2.45) is 4.99 Å². The van der Waals surface area contributed by atoms with Gasteiger partial charge in [0, 0.05) is 29.8 Å². The van der Waals surface area contributed by atoms with Crippen LogP contribution in [-0.2, 0) is 14.3 Å². The number of halogens is 3. The SMILES string of the molecule is CN1C(=O)C(=NC(C/C=C/C(=O)OC(c2cccc3ccccc23)c2cccc3ccccc23)C(F)(F)F)c2ccccc21. The third-order valence-corrected chi connectivity index (χ3v) is 7.75. The minimum absolute atomic E-state index is 0.256. The summed E-state index contributed by atoms with van der Waals surface area (Å²) in [6.45, 7) is 0. The fraction of sp³-hybridized carbons (Fsp3) is 0.139. The summed E-state index contributed by atoms with van der Waals surface area (Å²) in [6, 6.07) is 31.2. The Kier molecular flexibility index (Phi) is 7.74. The molecule has 0 saturated heterocycles. The molecule has 1 aliphatic rings. The van der Waals surface area contributed by atoms with E-state index in [2.05, 4.69) is 4.99 Å². The smallest absolute Gasteiger partial charge is 0.411 e. The highest BCUT2D eigenvalue weighted by molar-refractivity contribution is 6.54. The molecule has 5 nitrogen and oxygen atoms in total. The number of rotatable bonds is 7. The molecular weight excluding hydrogens is 565 g/mol. The number of hydrogen-bond acceptors (Lipinski definition) is 4. The molecule has 1 aliphatic heterocycles. The number of esters is 1. The van der Waals surface area contributed by atoms with Crippen LogP contribution < -0.4 is 4.90 Å². The second-order valence-corrected chi connectivity index (χ2v) is 10.5. The summed E-state index contributed by atoms with van der Waals surface area (Å²) in [4.78, 5) is 31.1. The van der Waals surface area contributed by atoms with Gasteiger partial charge >= 0.3 is 12.1 Å². The zero-order valence-electron chi connectivity index (χ0n) is 23.7. The second-order valence-electron chi connectivity index (χ2n) is 10.5. The van der Waals surface area contributed by atoms with Gasteiger partial charge in [-0.3, -0.25) is 9.79 Å². The van der Waals surface area contributed by atoms with Crippen molar-refractivity contribution in [3.05, 3.63) is 138 Å². The normalized spacial score (nSPS) is 15.1. The van der Waals surface area contributed by atoms with Crippen LogP contribution in [0.4, 0.5) is 18.9 Å². The number of carbonyl (C=O) groups excluding carboxylic acids is 2. The maximum Gasteiger partial charge on any atom is 0.411 e. The van der Waals surface area contributed by atoms with E-state index in [9.17, 15) is 22.8 Å². The van der Waals surface area contributed by atoms with Crippen molar-refractivity contribution in [1.82, 2.24) is 0 Å². The fourth-order valence-corrected chi connectivity index (χ4v) is 5.59. The summed E-state index contributed by atoms with van der Waals surface area (Å²) in [5.41, 5.74) is 2.08. The zero-order chi connectivity index (χ0) is 30.8. The third-order valence-electron chi connectivity index (χ3n) is 7.75. The molecule has 5 aromatic rings. The first-order chi connectivity index (χ1) is 21.2. The summed E-state index contributed by atoms with van der Waals surface area (Å²) < 4.78 is 48.2. The quantitative estimate of drug-likeness (QED) is 0.142. The molecule has 1 atom stereocenters. The van der Waals surface area contributed by atoms with Gasteiger partial charge in [-0.05, 0) is 34.0 Å². The van der Waals surface area contributed by atoms with Gasteiger partial charge in [-0.2, -0.15) is 13.2 Å². The Balaban J connectivity index is 1.31. The van der Waals surface area contributed by atoms with Crippen LogP contribution in [0.15, 0.2) is 126 Å². The second kappa shape index (κ2) is 11.8. The van der Waals surface area contributed by atoms with E-state index in [0.29, 0.717) is 11.3 Å². The molecule has 5 aromatic carbocycles. The maximum absolute atomic E-state index is 14.1. The number of alkyl halides is 3. The minimum atomic E-state index is -4.74. The number of likely N-dealkylation sites (N-methyl/N-ethyl adjacent to an activating group) is 1. The van der Waals surface area contributed by atoms with Gasteiger partial charge < -0.3 is 9.64 Å². The van der Waals surface area contributed by atoms with Crippen LogP contribution in [0, 0.1) is 0 Å². The number of para-hydroxylation sites is 1. The Morgan fingerprint density at radius 3 is 1.98 bits per heavy atom. The molecular formula is C36H27F3N2O3.